The summed E-state index contributed by atoms with van der Waals surface area (Å²) in [5, 5.41) is 11.9. The lowest BCUT2D eigenvalue weighted by atomic mass is 10.0. The molecule has 0 radical (unpaired) electrons. The molecule has 6 nitrogen and oxygen atoms in total. The van der Waals surface area contributed by atoms with E-state index in [0.29, 0.717) is 51.4 Å². The molecular weight excluding hydrogens is 334 g/mol. The molecule has 0 unspecified atom stereocenters. The Morgan fingerprint density at radius 1 is 1.00 bits per heavy atom. The van der Waals surface area contributed by atoms with E-state index in [2.05, 4.69) is 0 Å². The zero-order valence-corrected chi connectivity index (χ0v) is 13.8. The summed E-state index contributed by atoms with van der Waals surface area (Å²) in [6, 6.07) is 10.3. The van der Waals surface area contributed by atoms with Crippen LogP contribution in [0.25, 0.3) is 32.9 Å². The van der Waals surface area contributed by atoms with Gasteiger partial charge in [0.25, 0.3) is 0 Å². The normalized spacial score (nSPS) is 14.9. The van der Waals surface area contributed by atoms with Gasteiger partial charge in [-0.25, -0.2) is 4.79 Å². The second kappa shape index (κ2) is 5.36. The molecule has 6 heteroatoms. The summed E-state index contributed by atoms with van der Waals surface area (Å²) in [6.07, 6.45) is 1.31. The number of phenols is 1. The van der Waals surface area contributed by atoms with Crippen LogP contribution in [0.3, 0.4) is 0 Å². The molecule has 1 aliphatic heterocycles. The van der Waals surface area contributed by atoms with Crippen molar-refractivity contribution in [1.29, 1.82) is 0 Å². The molecule has 5 rings (SSSR count). The molecule has 3 heterocycles. The molecule has 0 bridgehead atoms. The monoisotopic (exact) mass is 349 g/mol. The lowest BCUT2D eigenvalue weighted by Gasteiger charge is -2.16. The lowest BCUT2D eigenvalue weighted by Crippen LogP contribution is -2.24. The van der Waals surface area contributed by atoms with E-state index in [1.54, 1.807) is 23.1 Å². The molecule has 0 spiro atoms. The maximum atomic E-state index is 12.6. The third-order valence-corrected chi connectivity index (χ3v) is 5.00. The lowest BCUT2D eigenvalue weighted by molar-refractivity contribution is -0.128. The topological polar surface area (TPSA) is 83.9 Å². The van der Waals surface area contributed by atoms with Crippen LogP contribution >= 0.6 is 0 Å². The number of hydrogen-bond acceptors (Lipinski definition) is 5. The van der Waals surface area contributed by atoms with E-state index in [1.165, 1.54) is 6.07 Å². The van der Waals surface area contributed by atoms with Gasteiger partial charge in [0.2, 0.25) is 5.91 Å². The first-order valence-electron chi connectivity index (χ1n) is 8.50. The van der Waals surface area contributed by atoms with Gasteiger partial charge in [0.05, 0.1) is 11.9 Å². The first kappa shape index (κ1) is 15.0. The summed E-state index contributed by atoms with van der Waals surface area (Å²) in [5.41, 5.74) is 1.37. The highest BCUT2D eigenvalue weighted by Crippen LogP contribution is 2.37. The van der Waals surface area contributed by atoms with Crippen molar-refractivity contribution in [2.24, 2.45) is 0 Å². The van der Waals surface area contributed by atoms with Crippen molar-refractivity contribution < 1.29 is 18.7 Å². The van der Waals surface area contributed by atoms with Gasteiger partial charge in [-0.05, 0) is 30.7 Å². The molecule has 1 fully saturated rings. The van der Waals surface area contributed by atoms with E-state index in [9.17, 15) is 14.7 Å². The fourth-order valence-electron chi connectivity index (χ4n) is 3.75. The van der Waals surface area contributed by atoms with Gasteiger partial charge in [0.15, 0.2) is 5.58 Å². The third-order valence-electron chi connectivity index (χ3n) is 5.00. The quantitative estimate of drug-likeness (QED) is 0.560. The second-order valence-electron chi connectivity index (χ2n) is 6.55. The van der Waals surface area contributed by atoms with E-state index < -0.39 is 5.63 Å². The molecule has 2 aromatic carbocycles. The molecule has 4 aromatic rings. The van der Waals surface area contributed by atoms with Crippen LogP contribution in [0.5, 0.6) is 5.75 Å². The van der Waals surface area contributed by atoms with Gasteiger partial charge in [0, 0.05) is 23.9 Å². The Hall–Kier alpha value is -3.28. The second-order valence-corrected chi connectivity index (χ2v) is 6.55. The number of carbonyl (C=O) groups excluding carboxylic acids is 1. The van der Waals surface area contributed by atoms with Crippen LogP contribution in [-0.2, 0) is 11.3 Å². The van der Waals surface area contributed by atoms with Crippen molar-refractivity contribution in [2.75, 3.05) is 6.54 Å². The van der Waals surface area contributed by atoms with Gasteiger partial charge >= 0.3 is 5.63 Å². The van der Waals surface area contributed by atoms with Gasteiger partial charge in [-0.2, -0.15) is 0 Å². The number of fused-ring (bicyclic) bond motifs is 5. The summed E-state index contributed by atoms with van der Waals surface area (Å²) < 4.78 is 11.4. The number of para-hydroxylation sites is 1. The Kier molecular flexibility index (Phi) is 3.09. The molecule has 130 valence electrons. The van der Waals surface area contributed by atoms with E-state index in [0.717, 1.165) is 6.42 Å². The van der Waals surface area contributed by atoms with Crippen LogP contribution in [0.1, 0.15) is 18.4 Å². The molecule has 1 aliphatic rings. The van der Waals surface area contributed by atoms with Gasteiger partial charge in [-0.1, -0.05) is 12.1 Å². The number of rotatable bonds is 2. The number of hydrogen-bond donors (Lipinski definition) is 1. The molecular formula is C20H15NO5. The van der Waals surface area contributed by atoms with Gasteiger partial charge in [-0.3, -0.25) is 4.79 Å². The number of aromatic hydroxyl groups is 1. The molecule has 1 N–H and O–H groups in total. The van der Waals surface area contributed by atoms with E-state index in [-0.39, 0.29) is 18.2 Å². The summed E-state index contributed by atoms with van der Waals surface area (Å²) >= 11 is 0. The van der Waals surface area contributed by atoms with E-state index in [4.69, 9.17) is 8.83 Å². The zero-order chi connectivity index (χ0) is 17.8. The minimum atomic E-state index is -0.517. The van der Waals surface area contributed by atoms with Crippen LogP contribution in [0.4, 0.5) is 0 Å². The van der Waals surface area contributed by atoms with E-state index >= 15 is 0 Å². The molecule has 2 aromatic heterocycles. The average molecular weight is 349 g/mol. The van der Waals surface area contributed by atoms with Gasteiger partial charge < -0.3 is 18.8 Å². The maximum absolute atomic E-state index is 12.6. The summed E-state index contributed by atoms with van der Waals surface area (Å²) in [7, 11) is 0. The fourth-order valence-corrected chi connectivity index (χ4v) is 3.75. The Morgan fingerprint density at radius 3 is 2.65 bits per heavy atom. The predicted octanol–water partition coefficient (Wildman–Crippen LogP) is 3.52. The van der Waals surface area contributed by atoms with Crippen molar-refractivity contribution in [3.63, 3.8) is 0 Å². The van der Waals surface area contributed by atoms with E-state index in [1.807, 2.05) is 12.1 Å². The molecule has 0 saturated carbocycles. The minimum absolute atomic E-state index is 0.0347. The smallest absolute Gasteiger partial charge is 0.348 e. The van der Waals surface area contributed by atoms with Crippen molar-refractivity contribution >= 4 is 38.8 Å². The highest BCUT2D eigenvalue weighted by molar-refractivity contribution is 6.14. The highest BCUT2D eigenvalue weighted by atomic mass is 16.4. The summed E-state index contributed by atoms with van der Waals surface area (Å²) in [6.45, 7) is 0.880. The number of phenolic OH excluding ortho intramolecular Hbond substituents is 1. The van der Waals surface area contributed by atoms with Gasteiger partial charge in [-0.15, -0.1) is 0 Å². The fraction of sp³-hybridized carbons (Fsp3) is 0.200. The zero-order valence-electron chi connectivity index (χ0n) is 13.8. The molecule has 26 heavy (non-hydrogen) atoms. The van der Waals surface area contributed by atoms with Gasteiger partial charge in [0.1, 0.15) is 22.3 Å². The Morgan fingerprint density at radius 2 is 1.85 bits per heavy atom. The van der Waals surface area contributed by atoms with Crippen molar-refractivity contribution in [3.05, 3.63) is 52.4 Å². The number of likely N-dealkylation sites (tertiary alicyclic amines) is 1. The number of benzene rings is 2. The Labute approximate surface area is 147 Å². The SMILES string of the molecule is O=C1CCCN1Cc1c(O)ccc2oc3c4ccccc4oc(=O)c3c12. The Bertz CT molecular complexity index is 1250. The summed E-state index contributed by atoms with van der Waals surface area (Å²) in [4.78, 5) is 26.3. The standard InChI is InChI=1S/C20H15NO5/c22-13-7-8-15-17(12(13)10-21-9-3-6-16(21)23)18-19(25-15)11-4-1-2-5-14(11)26-20(18)24/h1-2,4-5,7-8,22H,3,6,9-10H2. The first-order chi connectivity index (χ1) is 12.6. The third kappa shape index (κ3) is 2.05. The average Bonchev–Trinajstić information content (AvgIpc) is 3.22. The van der Waals surface area contributed by atoms with Crippen molar-refractivity contribution in [1.82, 2.24) is 4.90 Å². The highest BCUT2D eigenvalue weighted by Gasteiger charge is 2.25. The molecule has 1 amide bonds. The number of nitrogens with zero attached hydrogens (tertiary/aromatic N) is 1. The maximum Gasteiger partial charge on any atom is 0.348 e. The number of carbonyl (C=O) groups is 1. The van der Waals surface area contributed by atoms with Crippen LogP contribution in [-0.4, -0.2) is 22.5 Å². The van der Waals surface area contributed by atoms with Crippen LogP contribution in [0, 0.1) is 0 Å². The molecule has 1 saturated heterocycles. The molecule has 0 aliphatic carbocycles. The predicted molar refractivity (Wildman–Crippen MR) is 96.1 cm³/mol. The number of furan rings is 1. The van der Waals surface area contributed by atoms with Crippen molar-refractivity contribution in [2.45, 2.75) is 19.4 Å². The number of amides is 1. The van der Waals surface area contributed by atoms with Crippen LogP contribution < -0.4 is 5.63 Å². The summed E-state index contributed by atoms with van der Waals surface area (Å²) in [5.74, 6) is 0.0825. The first-order valence-corrected chi connectivity index (χ1v) is 8.50. The van der Waals surface area contributed by atoms with Crippen LogP contribution in [0.2, 0.25) is 0 Å². The minimum Gasteiger partial charge on any atom is -0.508 e. The van der Waals surface area contributed by atoms with Crippen molar-refractivity contribution in [3.8, 4) is 5.75 Å². The largest absolute Gasteiger partial charge is 0.508 e. The Balaban J connectivity index is 1.86. The van der Waals surface area contributed by atoms with Crippen LogP contribution in [0.15, 0.2) is 50.0 Å². The molecule has 0 atom stereocenters.